The van der Waals surface area contributed by atoms with Gasteiger partial charge >= 0.3 is 0 Å². The molecule has 0 aromatic heterocycles. The van der Waals surface area contributed by atoms with Crippen LogP contribution in [-0.4, -0.2) is 53.6 Å². The highest BCUT2D eigenvalue weighted by molar-refractivity contribution is 4.90. The maximum Gasteiger partial charge on any atom is 0.220 e. The number of aliphatic hydroxyl groups is 3. The monoisotopic (exact) mass is 164 g/mol. The molecule has 1 aliphatic rings. The molecule has 5 nitrogen and oxygen atoms in total. The Bertz CT molecular complexity index is 133. The minimum absolute atomic E-state index is 0.0183. The van der Waals surface area contributed by atoms with Gasteiger partial charge in [0.25, 0.3) is 0 Å². The van der Waals surface area contributed by atoms with Crippen molar-refractivity contribution >= 4 is 0 Å². The average molecular weight is 164 g/mol. The minimum Gasteiger partial charge on any atom is -0.391 e. The third-order valence-corrected chi connectivity index (χ3v) is 1.88. The Morgan fingerprint density at radius 3 is 2.45 bits per heavy atom. The number of aliphatic hydroxyl groups excluding tert-OH is 3. The second-order valence-electron chi connectivity index (χ2n) is 2.50. The molecule has 1 fully saturated rings. The molecule has 3 unspecified atom stereocenters. The fourth-order valence-corrected chi connectivity index (χ4v) is 1.08. The summed E-state index contributed by atoms with van der Waals surface area (Å²) in [4.78, 5) is 0. The van der Waals surface area contributed by atoms with Gasteiger partial charge in [0.15, 0.2) is 0 Å². The van der Waals surface area contributed by atoms with E-state index >= 15 is 0 Å². The molecule has 66 valence electrons. The van der Waals surface area contributed by atoms with Crippen LogP contribution in [0.25, 0.3) is 0 Å². The van der Waals surface area contributed by atoms with Crippen molar-refractivity contribution < 1.29 is 24.8 Å². The number of ether oxygens (including phenoxy) is 2. The molecule has 0 aromatic carbocycles. The molecule has 5 heteroatoms. The van der Waals surface area contributed by atoms with Crippen LogP contribution in [0.1, 0.15) is 0 Å². The van der Waals surface area contributed by atoms with Crippen LogP contribution in [0.5, 0.6) is 0 Å². The predicted octanol–water partition coefficient (Wildman–Crippen LogP) is -1.93. The molecule has 3 atom stereocenters. The molecule has 0 aliphatic carbocycles. The first-order valence-electron chi connectivity index (χ1n) is 3.32. The van der Waals surface area contributed by atoms with E-state index in [0.717, 1.165) is 0 Å². The highest BCUT2D eigenvalue weighted by Crippen LogP contribution is 2.26. The first-order chi connectivity index (χ1) is 5.16. The smallest absolute Gasteiger partial charge is 0.220 e. The highest BCUT2D eigenvalue weighted by Gasteiger charge is 2.49. The zero-order chi connectivity index (χ0) is 8.48. The number of hydrogen-bond acceptors (Lipinski definition) is 5. The molecule has 3 N–H and O–H groups in total. The molecule has 11 heavy (non-hydrogen) atoms. The Kier molecular flexibility index (Phi) is 2.46. The predicted molar refractivity (Wildman–Crippen MR) is 34.8 cm³/mol. The van der Waals surface area contributed by atoms with Gasteiger partial charge in [-0.3, -0.25) is 0 Å². The normalized spacial score (nSPS) is 44.7. The fourth-order valence-electron chi connectivity index (χ4n) is 1.08. The Morgan fingerprint density at radius 2 is 2.27 bits per heavy atom. The highest BCUT2D eigenvalue weighted by atomic mass is 16.7. The van der Waals surface area contributed by atoms with E-state index in [1.165, 1.54) is 7.11 Å². The molecule has 0 radical (unpaired) electrons. The second kappa shape index (κ2) is 3.04. The van der Waals surface area contributed by atoms with Crippen molar-refractivity contribution in [2.75, 3.05) is 20.3 Å². The first-order valence-corrected chi connectivity index (χ1v) is 3.32. The van der Waals surface area contributed by atoms with E-state index in [9.17, 15) is 5.11 Å². The lowest BCUT2D eigenvalue weighted by atomic mass is 10.1. The van der Waals surface area contributed by atoms with Crippen LogP contribution in [0.15, 0.2) is 0 Å². The number of methoxy groups -OCH3 is 1. The fraction of sp³-hybridized carbons (Fsp3) is 1.00. The first kappa shape index (κ1) is 8.89. The summed E-state index contributed by atoms with van der Waals surface area (Å²) in [6.07, 6.45) is -2.17. The van der Waals surface area contributed by atoms with Crippen LogP contribution in [0, 0.1) is 0 Å². The van der Waals surface area contributed by atoms with Gasteiger partial charge in [-0.15, -0.1) is 0 Å². The van der Waals surface area contributed by atoms with E-state index in [-0.39, 0.29) is 6.61 Å². The summed E-state index contributed by atoms with van der Waals surface area (Å²) in [5, 5.41) is 27.1. The summed E-state index contributed by atoms with van der Waals surface area (Å²) in [5.41, 5.74) is 0. The van der Waals surface area contributed by atoms with E-state index in [0.29, 0.717) is 0 Å². The van der Waals surface area contributed by atoms with Crippen molar-refractivity contribution in [3.63, 3.8) is 0 Å². The van der Waals surface area contributed by atoms with Crippen molar-refractivity contribution in [2.45, 2.75) is 18.0 Å². The zero-order valence-electron chi connectivity index (χ0n) is 6.23. The Balaban J connectivity index is 2.69. The van der Waals surface area contributed by atoms with Crippen molar-refractivity contribution in [2.24, 2.45) is 0 Å². The molecule has 1 aliphatic heterocycles. The lowest BCUT2D eigenvalue weighted by Crippen LogP contribution is -2.47. The summed E-state index contributed by atoms with van der Waals surface area (Å²) in [5.74, 6) is -1.43. The quantitative estimate of drug-likeness (QED) is 0.443. The summed E-state index contributed by atoms with van der Waals surface area (Å²) < 4.78 is 9.64. The summed E-state index contributed by atoms with van der Waals surface area (Å²) in [6, 6.07) is 0. The van der Waals surface area contributed by atoms with E-state index in [1.54, 1.807) is 0 Å². The number of hydrogen-bond donors (Lipinski definition) is 3. The van der Waals surface area contributed by atoms with Gasteiger partial charge in [-0.05, 0) is 0 Å². The number of rotatable bonds is 2. The second-order valence-corrected chi connectivity index (χ2v) is 2.50. The van der Waals surface area contributed by atoms with Crippen LogP contribution < -0.4 is 0 Å². The molecule has 1 saturated heterocycles. The molecule has 0 bridgehead atoms. The van der Waals surface area contributed by atoms with Crippen LogP contribution in [-0.2, 0) is 9.47 Å². The van der Waals surface area contributed by atoms with Gasteiger partial charge in [0, 0.05) is 7.11 Å². The van der Waals surface area contributed by atoms with Crippen LogP contribution in [0.4, 0.5) is 0 Å². The summed E-state index contributed by atoms with van der Waals surface area (Å²) in [7, 11) is 1.30. The van der Waals surface area contributed by atoms with Crippen LogP contribution >= 0.6 is 0 Å². The van der Waals surface area contributed by atoms with Crippen LogP contribution in [0.2, 0.25) is 0 Å². The Labute approximate surface area is 64.2 Å². The maximum absolute atomic E-state index is 9.25. The molecule has 0 amide bonds. The third kappa shape index (κ3) is 1.25. The van der Waals surface area contributed by atoms with Gasteiger partial charge < -0.3 is 24.8 Å². The topological polar surface area (TPSA) is 79.2 Å². The Morgan fingerprint density at radius 1 is 1.64 bits per heavy atom. The maximum atomic E-state index is 9.25. The SMILES string of the molecule is COC1(CO)OCC(O)C1O. The van der Waals surface area contributed by atoms with E-state index in [4.69, 9.17) is 19.7 Å². The van der Waals surface area contributed by atoms with Crippen molar-refractivity contribution in [1.82, 2.24) is 0 Å². The molecule has 0 saturated carbocycles. The van der Waals surface area contributed by atoms with Gasteiger partial charge in [0.2, 0.25) is 5.79 Å². The summed E-state index contributed by atoms with van der Waals surface area (Å²) >= 11 is 0. The largest absolute Gasteiger partial charge is 0.391 e. The zero-order valence-corrected chi connectivity index (χ0v) is 6.23. The molecule has 1 rings (SSSR count). The minimum atomic E-state index is -1.43. The molecular formula is C6H12O5. The molecule has 0 spiro atoms. The van der Waals surface area contributed by atoms with E-state index in [2.05, 4.69) is 0 Å². The molecule has 0 aromatic rings. The van der Waals surface area contributed by atoms with Crippen molar-refractivity contribution in [3.05, 3.63) is 0 Å². The van der Waals surface area contributed by atoms with Gasteiger partial charge in [0.05, 0.1) is 6.61 Å². The standard InChI is InChI=1S/C6H12O5/c1-10-6(3-7)5(9)4(8)2-11-6/h4-5,7-9H,2-3H2,1H3. The molecule has 1 heterocycles. The van der Waals surface area contributed by atoms with Gasteiger partial charge in [-0.25, -0.2) is 0 Å². The lowest BCUT2D eigenvalue weighted by molar-refractivity contribution is -0.251. The average Bonchev–Trinajstić information content (AvgIpc) is 2.32. The van der Waals surface area contributed by atoms with Gasteiger partial charge in [0.1, 0.15) is 18.8 Å². The van der Waals surface area contributed by atoms with Gasteiger partial charge in [-0.2, -0.15) is 0 Å². The van der Waals surface area contributed by atoms with Crippen molar-refractivity contribution in [3.8, 4) is 0 Å². The molecular weight excluding hydrogens is 152 g/mol. The third-order valence-electron chi connectivity index (χ3n) is 1.88. The van der Waals surface area contributed by atoms with Crippen molar-refractivity contribution in [1.29, 1.82) is 0 Å². The van der Waals surface area contributed by atoms with E-state index < -0.39 is 24.6 Å². The van der Waals surface area contributed by atoms with Gasteiger partial charge in [-0.1, -0.05) is 0 Å². The van der Waals surface area contributed by atoms with E-state index in [1.807, 2.05) is 0 Å². The van der Waals surface area contributed by atoms with Crippen LogP contribution in [0.3, 0.4) is 0 Å². The summed E-state index contributed by atoms with van der Waals surface area (Å²) in [6.45, 7) is -0.489. The lowest BCUT2D eigenvalue weighted by Gasteiger charge is -2.27. The Hall–Kier alpha value is -0.200.